The fourth-order valence-electron chi connectivity index (χ4n) is 1.33. The first kappa shape index (κ1) is 11.4. The number of hydrogen-bond acceptors (Lipinski definition) is 3. The predicted octanol–water partition coefficient (Wildman–Crippen LogP) is 0.494. The zero-order valence-electron chi connectivity index (χ0n) is 9.25. The van der Waals surface area contributed by atoms with E-state index in [1.54, 1.807) is 20.8 Å². The van der Waals surface area contributed by atoms with Crippen molar-refractivity contribution in [1.29, 1.82) is 0 Å². The summed E-state index contributed by atoms with van der Waals surface area (Å²) < 4.78 is 1.05. The number of hydrogen-bond donors (Lipinski definition) is 1. The molecular formula is C10H14N2O3. The van der Waals surface area contributed by atoms with Crippen LogP contribution in [0, 0.1) is 0 Å². The molecule has 0 saturated heterocycles. The summed E-state index contributed by atoms with van der Waals surface area (Å²) in [5, 5.41) is 0. The Kier molecular flexibility index (Phi) is 2.66. The minimum atomic E-state index is -0.643. The molecule has 1 heterocycles. The van der Waals surface area contributed by atoms with Gasteiger partial charge in [0.25, 0.3) is 5.56 Å². The minimum absolute atomic E-state index is 0.00419. The number of Topliss-reactive ketones (excluding diaryl/α,β-unsaturated/α-hetero) is 1. The molecule has 0 aromatic carbocycles. The fourth-order valence-corrected chi connectivity index (χ4v) is 1.33. The van der Waals surface area contributed by atoms with Crippen molar-refractivity contribution in [2.45, 2.75) is 33.2 Å². The van der Waals surface area contributed by atoms with Crippen LogP contribution in [0.25, 0.3) is 0 Å². The highest BCUT2D eigenvalue weighted by atomic mass is 16.2. The van der Waals surface area contributed by atoms with Crippen molar-refractivity contribution in [1.82, 2.24) is 9.55 Å². The maximum Gasteiger partial charge on any atom is 0.328 e. The van der Waals surface area contributed by atoms with Gasteiger partial charge in [-0.2, -0.15) is 0 Å². The molecule has 0 bridgehead atoms. The van der Waals surface area contributed by atoms with Gasteiger partial charge in [0, 0.05) is 11.7 Å². The molecule has 1 aromatic rings. The summed E-state index contributed by atoms with van der Waals surface area (Å²) in [6, 6.07) is 0. The number of aromatic amines is 1. The maximum absolute atomic E-state index is 11.8. The molecule has 1 N–H and O–H groups in total. The van der Waals surface area contributed by atoms with E-state index in [0.717, 1.165) is 10.8 Å². The van der Waals surface area contributed by atoms with Crippen LogP contribution in [-0.2, 0) is 5.54 Å². The topological polar surface area (TPSA) is 71.9 Å². The number of nitrogens with one attached hydrogen (secondary N) is 1. The van der Waals surface area contributed by atoms with Crippen LogP contribution in [0.3, 0.4) is 0 Å². The van der Waals surface area contributed by atoms with Crippen LogP contribution in [0.2, 0.25) is 0 Å². The third-order valence-electron chi connectivity index (χ3n) is 2.03. The van der Waals surface area contributed by atoms with Gasteiger partial charge < -0.3 is 4.98 Å². The lowest BCUT2D eigenvalue weighted by Gasteiger charge is -2.20. The van der Waals surface area contributed by atoms with E-state index < -0.39 is 16.8 Å². The highest BCUT2D eigenvalue weighted by Gasteiger charge is 2.20. The number of carbonyl (C=O) groups excluding carboxylic acids is 1. The van der Waals surface area contributed by atoms with Gasteiger partial charge in [0.05, 0.1) is 5.56 Å². The van der Waals surface area contributed by atoms with Crippen molar-refractivity contribution in [3.8, 4) is 0 Å². The number of carbonyl (C=O) groups is 1. The van der Waals surface area contributed by atoms with Crippen molar-refractivity contribution in [2.24, 2.45) is 0 Å². The molecule has 0 aliphatic rings. The van der Waals surface area contributed by atoms with Crippen LogP contribution < -0.4 is 11.2 Å². The molecule has 82 valence electrons. The van der Waals surface area contributed by atoms with E-state index in [1.165, 1.54) is 6.92 Å². The van der Waals surface area contributed by atoms with Gasteiger partial charge in [0.15, 0.2) is 5.78 Å². The van der Waals surface area contributed by atoms with Crippen LogP contribution in [0.15, 0.2) is 15.8 Å². The van der Waals surface area contributed by atoms with E-state index in [0.29, 0.717) is 0 Å². The Balaban J connectivity index is 3.67. The number of rotatable bonds is 1. The molecule has 0 aliphatic heterocycles. The summed E-state index contributed by atoms with van der Waals surface area (Å²) in [7, 11) is 0. The van der Waals surface area contributed by atoms with Crippen LogP contribution in [-0.4, -0.2) is 15.3 Å². The van der Waals surface area contributed by atoms with Crippen molar-refractivity contribution >= 4 is 5.78 Å². The van der Waals surface area contributed by atoms with E-state index >= 15 is 0 Å². The summed E-state index contributed by atoms with van der Waals surface area (Å²) in [4.78, 5) is 36.8. The van der Waals surface area contributed by atoms with Crippen molar-refractivity contribution in [2.75, 3.05) is 0 Å². The molecule has 0 saturated carbocycles. The lowest BCUT2D eigenvalue weighted by Crippen LogP contribution is -2.46. The average molecular weight is 210 g/mol. The first-order valence-electron chi connectivity index (χ1n) is 4.61. The molecule has 15 heavy (non-hydrogen) atoms. The predicted molar refractivity (Wildman–Crippen MR) is 56.3 cm³/mol. The molecule has 1 aromatic heterocycles. The molecule has 1 rings (SSSR count). The summed E-state index contributed by atoms with van der Waals surface area (Å²) in [6.45, 7) is 6.48. The number of ketones is 1. The van der Waals surface area contributed by atoms with E-state index in [1.807, 2.05) is 0 Å². The Hall–Kier alpha value is -1.65. The van der Waals surface area contributed by atoms with Gasteiger partial charge in [0.1, 0.15) is 0 Å². The van der Waals surface area contributed by atoms with Crippen molar-refractivity contribution < 1.29 is 4.79 Å². The molecule has 0 spiro atoms. The number of nitrogens with zero attached hydrogens (tertiary/aromatic N) is 1. The Bertz CT molecular complexity index is 503. The van der Waals surface area contributed by atoms with Crippen LogP contribution in [0.4, 0.5) is 0 Å². The molecule has 5 heteroatoms. The molecule has 0 atom stereocenters. The zero-order valence-corrected chi connectivity index (χ0v) is 9.25. The third kappa shape index (κ3) is 2.06. The highest BCUT2D eigenvalue weighted by molar-refractivity contribution is 5.93. The van der Waals surface area contributed by atoms with Gasteiger partial charge >= 0.3 is 5.69 Å². The average Bonchev–Trinajstić information content (AvgIpc) is 2.00. The van der Waals surface area contributed by atoms with Crippen molar-refractivity contribution in [3.05, 3.63) is 32.6 Å². The Morgan fingerprint density at radius 1 is 1.33 bits per heavy atom. The molecule has 0 fully saturated rings. The second-order valence-electron chi connectivity index (χ2n) is 4.38. The summed E-state index contributed by atoms with van der Waals surface area (Å²) in [6.07, 6.45) is 1.16. The van der Waals surface area contributed by atoms with Gasteiger partial charge in [-0.15, -0.1) is 0 Å². The van der Waals surface area contributed by atoms with Gasteiger partial charge in [-0.05, 0) is 27.7 Å². The van der Waals surface area contributed by atoms with Crippen LogP contribution >= 0.6 is 0 Å². The lowest BCUT2D eigenvalue weighted by molar-refractivity contribution is 0.101. The third-order valence-corrected chi connectivity index (χ3v) is 2.03. The Morgan fingerprint density at radius 3 is 2.27 bits per heavy atom. The first-order chi connectivity index (χ1) is 6.75. The molecule has 0 aliphatic carbocycles. The van der Waals surface area contributed by atoms with Gasteiger partial charge in [0.2, 0.25) is 0 Å². The van der Waals surface area contributed by atoms with E-state index in [9.17, 15) is 14.4 Å². The number of aromatic nitrogens is 2. The minimum Gasteiger partial charge on any atom is -0.313 e. The van der Waals surface area contributed by atoms with E-state index in [-0.39, 0.29) is 11.3 Å². The standard InChI is InChI=1S/C10H14N2O3/c1-6(13)7-5-11-9(15)12(8(7)14)10(2,3)4/h5H,1-4H3,(H,11,15). The maximum atomic E-state index is 11.8. The fraction of sp³-hybridized carbons (Fsp3) is 0.500. The van der Waals surface area contributed by atoms with Gasteiger partial charge in [-0.25, -0.2) is 4.79 Å². The van der Waals surface area contributed by atoms with Gasteiger partial charge in [-0.3, -0.25) is 14.2 Å². The summed E-state index contributed by atoms with van der Waals surface area (Å²) >= 11 is 0. The van der Waals surface area contributed by atoms with E-state index in [2.05, 4.69) is 4.98 Å². The molecule has 0 unspecified atom stereocenters. The molecular weight excluding hydrogens is 196 g/mol. The normalized spacial score (nSPS) is 11.5. The Labute approximate surface area is 86.8 Å². The first-order valence-corrected chi connectivity index (χ1v) is 4.61. The highest BCUT2D eigenvalue weighted by Crippen LogP contribution is 2.07. The lowest BCUT2D eigenvalue weighted by atomic mass is 10.1. The van der Waals surface area contributed by atoms with Crippen LogP contribution in [0.5, 0.6) is 0 Å². The molecule has 5 nitrogen and oxygen atoms in total. The second-order valence-corrected chi connectivity index (χ2v) is 4.38. The zero-order chi connectivity index (χ0) is 11.8. The smallest absolute Gasteiger partial charge is 0.313 e. The monoisotopic (exact) mass is 210 g/mol. The largest absolute Gasteiger partial charge is 0.328 e. The Morgan fingerprint density at radius 2 is 1.87 bits per heavy atom. The van der Waals surface area contributed by atoms with Gasteiger partial charge in [-0.1, -0.05) is 0 Å². The SMILES string of the molecule is CC(=O)c1c[nH]c(=O)n(C(C)(C)C)c1=O. The summed E-state index contributed by atoms with van der Waals surface area (Å²) in [5.74, 6) is -0.353. The number of H-pyrrole nitrogens is 1. The summed E-state index contributed by atoms with van der Waals surface area (Å²) in [5.41, 5.74) is -1.68. The molecule has 0 amide bonds. The molecule has 0 radical (unpaired) electrons. The second kappa shape index (κ2) is 3.49. The quantitative estimate of drug-likeness (QED) is 0.686. The van der Waals surface area contributed by atoms with Crippen LogP contribution in [0.1, 0.15) is 38.1 Å². The van der Waals surface area contributed by atoms with Crippen molar-refractivity contribution in [3.63, 3.8) is 0 Å². The van der Waals surface area contributed by atoms with E-state index in [4.69, 9.17) is 0 Å².